The van der Waals surface area contributed by atoms with Crippen molar-refractivity contribution >= 4 is 16.9 Å². The molecule has 0 radical (unpaired) electrons. The van der Waals surface area contributed by atoms with Gasteiger partial charge in [0.2, 0.25) is 0 Å². The lowest BCUT2D eigenvalue weighted by atomic mass is 10.2. The van der Waals surface area contributed by atoms with Crippen LogP contribution in [0.3, 0.4) is 0 Å². The highest BCUT2D eigenvalue weighted by Crippen LogP contribution is 2.22. The minimum atomic E-state index is 0.182. The fourth-order valence-electron chi connectivity index (χ4n) is 2.84. The van der Waals surface area contributed by atoms with Crippen LogP contribution in [-0.4, -0.2) is 58.7 Å². The van der Waals surface area contributed by atoms with Crippen LogP contribution in [0.25, 0.3) is 11.0 Å². The van der Waals surface area contributed by atoms with E-state index < -0.39 is 0 Å². The van der Waals surface area contributed by atoms with Crippen LogP contribution in [0.2, 0.25) is 0 Å². The zero-order valence-electron chi connectivity index (χ0n) is 12.7. The molecule has 112 valence electrons. The molecule has 6 nitrogen and oxygen atoms in total. The smallest absolute Gasteiger partial charge is 0.164 e. The average molecular weight is 287 g/mol. The molecule has 0 saturated carbocycles. The number of ether oxygens (including phenoxy) is 1. The van der Waals surface area contributed by atoms with Gasteiger partial charge in [0.1, 0.15) is 11.6 Å². The number of nitrogens with zero attached hydrogens (tertiary/aromatic N) is 4. The molecule has 0 bridgehead atoms. The van der Waals surface area contributed by atoms with E-state index in [1.54, 1.807) is 6.20 Å². The number of nitrogens with one attached hydrogen (secondary N) is 1. The van der Waals surface area contributed by atoms with Gasteiger partial charge in [-0.2, -0.15) is 0 Å². The topological polar surface area (TPSA) is 63.2 Å². The van der Waals surface area contributed by atoms with Gasteiger partial charge in [-0.05, 0) is 33.0 Å². The molecule has 0 unspecified atom stereocenters. The predicted octanol–water partition coefficient (Wildman–Crippen LogP) is 1.46. The van der Waals surface area contributed by atoms with Gasteiger partial charge in [-0.25, -0.2) is 15.0 Å². The third kappa shape index (κ3) is 2.96. The quantitative estimate of drug-likeness (QED) is 0.918. The van der Waals surface area contributed by atoms with Crippen molar-refractivity contribution in [3.05, 3.63) is 24.2 Å². The van der Waals surface area contributed by atoms with Crippen LogP contribution in [0.15, 0.2) is 18.3 Å². The van der Waals surface area contributed by atoms with Crippen molar-refractivity contribution in [3.63, 3.8) is 0 Å². The number of fused-ring (bicyclic) bond motifs is 1. The van der Waals surface area contributed by atoms with Crippen LogP contribution in [0.4, 0.5) is 5.82 Å². The molecule has 3 rings (SSSR count). The van der Waals surface area contributed by atoms with Crippen molar-refractivity contribution in [3.8, 4) is 0 Å². The van der Waals surface area contributed by atoms with Gasteiger partial charge in [0.15, 0.2) is 5.65 Å². The Balaban J connectivity index is 1.90. The Morgan fingerprint density at radius 3 is 3.05 bits per heavy atom. The van der Waals surface area contributed by atoms with E-state index >= 15 is 0 Å². The van der Waals surface area contributed by atoms with E-state index in [2.05, 4.69) is 32.2 Å². The van der Waals surface area contributed by atoms with Crippen LogP contribution in [0, 0.1) is 6.92 Å². The number of aromatic nitrogens is 3. The highest BCUT2D eigenvalue weighted by atomic mass is 16.5. The molecule has 1 fully saturated rings. The maximum absolute atomic E-state index is 5.84. The molecule has 1 saturated heterocycles. The second-order valence-electron chi connectivity index (χ2n) is 5.46. The molecule has 1 aliphatic heterocycles. The molecule has 1 N–H and O–H groups in total. The van der Waals surface area contributed by atoms with E-state index in [9.17, 15) is 0 Å². The third-order valence-corrected chi connectivity index (χ3v) is 3.73. The summed E-state index contributed by atoms with van der Waals surface area (Å²) in [5, 5.41) is 4.48. The lowest BCUT2D eigenvalue weighted by Crippen LogP contribution is -2.34. The molecule has 2 aromatic rings. The summed E-state index contributed by atoms with van der Waals surface area (Å²) in [6.45, 7) is 6.52. The lowest BCUT2D eigenvalue weighted by Gasteiger charge is -2.21. The van der Waals surface area contributed by atoms with Gasteiger partial charge in [-0.1, -0.05) is 0 Å². The second kappa shape index (κ2) is 5.91. The van der Waals surface area contributed by atoms with Gasteiger partial charge in [0.05, 0.1) is 17.5 Å². The van der Waals surface area contributed by atoms with Crippen molar-refractivity contribution in [1.82, 2.24) is 19.9 Å². The number of hydrogen-bond donors (Lipinski definition) is 1. The number of hydrogen-bond acceptors (Lipinski definition) is 6. The number of aryl methyl sites for hydroxylation is 1. The first-order chi connectivity index (χ1) is 10.2. The molecule has 2 aromatic heterocycles. The van der Waals surface area contributed by atoms with Gasteiger partial charge in [0, 0.05) is 25.9 Å². The summed E-state index contributed by atoms with van der Waals surface area (Å²) in [5.74, 6) is 1.57. The predicted molar refractivity (Wildman–Crippen MR) is 82.4 cm³/mol. The Hall–Kier alpha value is -1.79. The number of likely N-dealkylation sites (tertiary alicyclic amines) is 1. The molecule has 21 heavy (non-hydrogen) atoms. The van der Waals surface area contributed by atoms with E-state index in [4.69, 9.17) is 4.74 Å². The van der Waals surface area contributed by atoms with E-state index in [1.165, 1.54) is 0 Å². The summed E-state index contributed by atoms with van der Waals surface area (Å²) < 4.78 is 5.84. The molecule has 1 aliphatic rings. The summed E-state index contributed by atoms with van der Waals surface area (Å²) in [7, 11) is 2.11. The van der Waals surface area contributed by atoms with Crippen LogP contribution < -0.4 is 5.32 Å². The standard InChI is InChI=1S/C15H21N5O/c1-4-21-13-9-20(3)8-12(13)19-15-11-6-5-7-16-14(11)17-10(2)18-15/h5-7,12-13H,4,8-9H2,1-3H3,(H,16,17,18,19)/t12-,13-/m1/s1. The maximum Gasteiger partial charge on any atom is 0.164 e. The Bertz CT molecular complexity index is 632. The Morgan fingerprint density at radius 2 is 2.24 bits per heavy atom. The van der Waals surface area contributed by atoms with Gasteiger partial charge in [0.25, 0.3) is 0 Å². The maximum atomic E-state index is 5.84. The van der Waals surface area contributed by atoms with Crippen molar-refractivity contribution in [2.24, 2.45) is 0 Å². The number of anilines is 1. The Labute approximate surface area is 124 Å². The molecule has 0 aliphatic carbocycles. The van der Waals surface area contributed by atoms with Crippen molar-refractivity contribution in [2.75, 3.05) is 32.1 Å². The Morgan fingerprint density at radius 1 is 1.38 bits per heavy atom. The highest BCUT2D eigenvalue weighted by molar-refractivity contribution is 5.86. The van der Waals surface area contributed by atoms with Gasteiger partial charge in [-0.15, -0.1) is 0 Å². The minimum absolute atomic E-state index is 0.182. The van der Waals surface area contributed by atoms with Gasteiger partial charge < -0.3 is 15.0 Å². The van der Waals surface area contributed by atoms with E-state index in [0.717, 1.165) is 42.4 Å². The van der Waals surface area contributed by atoms with Gasteiger partial charge in [-0.3, -0.25) is 0 Å². The summed E-state index contributed by atoms with van der Waals surface area (Å²) >= 11 is 0. The van der Waals surface area contributed by atoms with Crippen molar-refractivity contribution < 1.29 is 4.74 Å². The molecule has 0 spiro atoms. The van der Waals surface area contributed by atoms with Crippen LogP contribution in [0.5, 0.6) is 0 Å². The van der Waals surface area contributed by atoms with Crippen molar-refractivity contribution in [2.45, 2.75) is 26.0 Å². The molecular weight excluding hydrogens is 266 g/mol. The molecule has 3 heterocycles. The van der Waals surface area contributed by atoms with Gasteiger partial charge >= 0.3 is 0 Å². The second-order valence-corrected chi connectivity index (χ2v) is 5.46. The fraction of sp³-hybridized carbons (Fsp3) is 0.533. The molecule has 0 aromatic carbocycles. The van der Waals surface area contributed by atoms with E-state index in [-0.39, 0.29) is 12.1 Å². The first-order valence-electron chi connectivity index (χ1n) is 7.33. The number of pyridine rings is 1. The summed E-state index contributed by atoms with van der Waals surface area (Å²) in [4.78, 5) is 15.5. The fourth-order valence-corrected chi connectivity index (χ4v) is 2.84. The normalized spacial score (nSPS) is 22.8. The monoisotopic (exact) mass is 287 g/mol. The number of likely N-dealkylation sites (N-methyl/N-ethyl adjacent to an activating group) is 1. The first kappa shape index (κ1) is 14.2. The zero-order chi connectivity index (χ0) is 14.8. The van der Waals surface area contributed by atoms with Crippen LogP contribution in [0.1, 0.15) is 12.7 Å². The SMILES string of the molecule is CCO[C@@H]1CN(C)C[C@H]1Nc1nc(C)nc2ncccc12. The highest BCUT2D eigenvalue weighted by Gasteiger charge is 2.31. The zero-order valence-corrected chi connectivity index (χ0v) is 12.7. The summed E-state index contributed by atoms with van der Waals surface area (Å²) in [6, 6.07) is 4.14. The summed E-state index contributed by atoms with van der Waals surface area (Å²) in [6.07, 6.45) is 1.94. The lowest BCUT2D eigenvalue weighted by molar-refractivity contribution is 0.0652. The molecule has 0 amide bonds. The largest absolute Gasteiger partial charge is 0.375 e. The van der Waals surface area contributed by atoms with Crippen LogP contribution in [-0.2, 0) is 4.74 Å². The van der Waals surface area contributed by atoms with E-state index in [1.807, 2.05) is 26.0 Å². The van der Waals surface area contributed by atoms with E-state index in [0.29, 0.717) is 0 Å². The minimum Gasteiger partial charge on any atom is -0.375 e. The van der Waals surface area contributed by atoms with Crippen LogP contribution >= 0.6 is 0 Å². The molecular formula is C15H21N5O. The molecule has 2 atom stereocenters. The first-order valence-corrected chi connectivity index (χ1v) is 7.33. The Kier molecular flexibility index (Phi) is 3.98. The van der Waals surface area contributed by atoms with Crippen molar-refractivity contribution in [1.29, 1.82) is 0 Å². The number of rotatable bonds is 4. The molecule has 6 heteroatoms. The summed E-state index contributed by atoms with van der Waals surface area (Å²) in [5.41, 5.74) is 0.729. The average Bonchev–Trinajstić information content (AvgIpc) is 2.79. The third-order valence-electron chi connectivity index (χ3n) is 3.73.